The van der Waals surface area contributed by atoms with E-state index in [-0.39, 0.29) is 0 Å². The third kappa shape index (κ3) is 1.32. The van der Waals surface area contributed by atoms with E-state index in [2.05, 4.69) is 19.9 Å². The van der Waals surface area contributed by atoms with Crippen LogP contribution in [0.1, 0.15) is 37.3 Å². The third-order valence-electron chi connectivity index (χ3n) is 3.07. The summed E-state index contributed by atoms with van der Waals surface area (Å²) >= 11 is 0. The van der Waals surface area contributed by atoms with Crippen LogP contribution in [0.25, 0.3) is 0 Å². The van der Waals surface area contributed by atoms with Crippen molar-refractivity contribution in [1.29, 1.82) is 0 Å². The first-order valence-electron chi connectivity index (χ1n) is 5.01. The van der Waals surface area contributed by atoms with E-state index in [0.29, 0.717) is 17.6 Å². The van der Waals surface area contributed by atoms with Gasteiger partial charge < -0.3 is 5.11 Å². The van der Waals surface area contributed by atoms with Gasteiger partial charge in [0.25, 0.3) is 0 Å². The van der Waals surface area contributed by atoms with Gasteiger partial charge in [-0.05, 0) is 36.3 Å². The molecule has 0 saturated carbocycles. The Bertz CT molecular complexity index is 315. The predicted molar refractivity (Wildman–Crippen MR) is 54.0 cm³/mol. The minimum absolute atomic E-state index is 0.494. The molecule has 1 unspecified atom stereocenters. The second-order valence-electron chi connectivity index (χ2n) is 4.24. The van der Waals surface area contributed by atoms with Crippen LogP contribution in [0, 0.1) is 5.92 Å². The minimum atomic E-state index is 0.494. The fourth-order valence-electron chi connectivity index (χ4n) is 2.37. The highest BCUT2D eigenvalue weighted by atomic mass is 16.3. The molecule has 1 heteroatoms. The van der Waals surface area contributed by atoms with E-state index in [1.165, 1.54) is 17.5 Å². The largest absolute Gasteiger partial charge is 0.508 e. The molecule has 1 N–H and O–H groups in total. The molecule has 0 aromatic heterocycles. The number of hydrogen-bond donors (Lipinski definition) is 1. The first-order valence-corrected chi connectivity index (χ1v) is 5.01. The Balaban J connectivity index is 2.46. The molecule has 0 spiro atoms. The monoisotopic (exact) mass is 176 g/mol. The van der Waals surface area contributed by atoms with Crippen molar-refractivity contribution in [3.8, 4) is 5.75 Å². The predicted octanol–water partition coefficient (Wildman–Crippen LogP) is 3.08. The molecule has 70 valence electrons. The van der Waals surface area contributed by atoms with Crippen LogP contribution in [0.3, 0.4) is 0 Å². The smallest absolute Gasteiger partial charge is 0.119 e. The highest BCUT2D eigenvalue weighted by Crippen LogP contribution is 2.42. The van der Waals surface area contributed by atoms with E-state index >= 15 is 0 Å². The summed E-state index contributed by atoms with van der Waals surface area (Å²) < 4.78 is 0. The van der Waals surface area contributed by atoms with Crippen LogP contribution >= 0.6 is 0 Å². The molecule has 13 heavy (non-hydrogen) atoms. The molecular formula is C12H16O. The van der Waals surface area contributed by atoms with Gasteiger partial charge in [0.1, 0.15) is 5.75 Å². The van der Waals surface area contributed by atoms with Gasteiger partial charge in [0.05, 0.1) is 0 Å². The molecule has 0 heterocycles. The molecule has 1 aliphatic rings. The molecule has 0 aliphatic heterocycles. The lowest BCUT2D eigenvalue weighted by Gasteiger charge is -2.16. The Morgan fingerprint density at radius 2 is 2.15 bits per heavy atom. The molecule has 0 radical (unpaired) electrons. The van der Waals surface area contributed by atoms with Crippen molar-refractivity contribution in [3.63, 3.8) is 0 Å². The summed E-state index contributed by atoms with van der Waals surface area (Å²) in [5, 5.41) is 9.75. The molecule has 0 fully saturated rings. The van der Waals surface area contributed by atoms with Gasteiger partial charge in [0, 0.05) is 5.56 Å². The molecule has 2 rings (SSSR count). The maximum Gasteiger partial charge on any atom is 0.119 e. The van der Waals surface area contributed by atoms with Crippen LogP contribution in [0.5, 0.6) is 5.75 Å². The van der Waals surface area contributed by atoms with Crippen molar-refractivity contribution in [2.45, 2.75) is 32.6 Å². The van der Waals surface area contributed by atoms with Crippen LogP contribution < -0.4 is 0 Å². The van der Waals surface area contributed by atoms with Crippen molar-refractivity contribution in [2.24, 2.45) is 5.92 Å². The van der Waals surface area contributed by atoms with Gasteiger partial charge in [-0.25, -0.2) is 0 Å². The summed E-state index contributed by atoms with van der Waals surface area (Å²) in [6, 6.07) is 5.88. The average Bonchev–Trinajstić information content (AvgIpc) is 2.49. The quantitative estimate of drug-likeness (QED) is 0.697. The van der Waals surface area contributed by atoms with Crippen LogP contribution in [-0.4, -0.2) is 5.11 Å². The number of aromatic hydroxyl groups is 1. The highest BCUT2D eigenvalue weighted by Gasteiger charge is 2.27. The van der Waals surface area contributed by atoms with Gasteiger partial charge in [-0.15, -0.1) is 0 Å². The first kappa shape index (κ1) is 8.61. The van der Waals surface area contributed by atoms with Gasteiger partial charge in [-0.2, -0.15) is 0 Å². The number of rotatable bonds is 1. The van der Waals surface area contributed by atoms with Crippen molar-refractivity contribution < 1.29 is 5.11 Å². The molecule has 0 bridgehead atoms. The second-order valence-corrected chi connectivity index (χ2v) is 4.24. The number of aryl methyl sites for hydroxylation is 1. The molecule has 1 aliphatic carbocycles. The molecule has 1 aromatic carbocycles. The summed E-state index contributed by atoms with van der Waals surface area (Å²) in [7, 11) is 0. The Kier molecular flexibility index (Phi) is 2.03. The lowest BCUT2D eigenvalue weighted by atomic mass is 9.89. The molecular weight excluding hydrogens is 160 g/mol. The molecule has 1 aromatic rings. The van der Waals surface area contributed by atoms with E-state index < -0.39 is 0 Å². The second kappa shape index (κ2) is 3.06. The van der Waals surface area contributed by atoms with E-state index in [0.717, 1.165) is 6.42 Å². The van der Waals surface area contributed by atoms with E-state index in [4.69, 9.17) is 0 Å². The van der Waals surface area contributed by atoms with Crippen molar-refractivity contribution in [1.82, 2.24) is 0 Å². The number of phenolic OH excluding ortho intramolecular Hbond substituents is 1. The standard InChI is InChI=1S/C12H16O/c1-8(2)10-7-6-9-4-3-5-11(13)12(9)10/h3-5,8,10,13H,6-7H2,1-2H3. The molecule has 0 amide bonds. The topological polar surface area (TPSA) is 20.2 Å². The molecule has 1 atom stereocenters. The van der Waals surface area contributed by atoms with Gasteiger partial charge in [0.2, 0.25) is 0 Å². The summed E-state index contributed by atoms with van der Waals surface area (Å²) in [6.45, 7) is 4.46. The summed E-state index contributed by atoms with van der Waals surface area (Å²) in [5.74, 6) is 1.69. The Hall–Kier alpha value is -0.980. The zero-order valence-electron chi connectivity index (χ0n) is 8.25. The highest BCUT2D eigenvalue weighted by molar-refractivity contribution is 5.45. The lowest BCUT2D eigenvalue weighted by molar-refractivity contribution is 0.439. The van der Waals surface area contributed by atoms with Crippen LogP contribution in [0.15, 0.2) is 18.2 Å². The summed E-state index contributed by atoms with van der Waals surface area (Å²) in [6.07, 6.45) is 2.33. The van der Waals surface area contributed by atoms with Crippen molar-refractivity contribution in [2.75, 3.05) is 0 Å². The van der Waals surface area contributed by atoms with E-state index in [1.807, 2.05) is 6.07 Å². The Morgan fingerprint density at radius 3 is 2.85 bits per heavy atom. The number of phenols is 1. The van der Waals surface area contributed by atoms with Gasteiger partial charge in [0.15, 0.2) is 0 Å². The van der Waals surface area contributed by atoms with E-state index in [1.54, 1.807) is 6.07 Å². The van der Waals surface area contributed by atoms with E-state index in [9.17, 15) is 5.11 Å². The average molecular weight is 176 g/mol. The van der Waals surface area contributed by atoms with Crippen molar-refractivity contribution in [3.05, 3.63) is 29.3 Å². The van der Waals surface area contributed by atoms with Crippen LogP contribution in [0.4, 0.5) is 0 Å². The first-order chi connectivity index (χ1) is 6.20. The summed E-state index contributed by atoms with van der Waals surface area (Å²) in [5.41, 5.74) is 2.55. The Morgan fingerprint density at radius 1 is 1.38 bits per heavy atom. The Labute approximate surface area is 79.4 Å². The minimum Gasteiger partial charge on any atom is -0.508 e. The van der Waals surface area contributed by atoms with Crippen LogP contribution in [-0.2, 0) is 6.42 Å². The number of fused-ring (bicyclic) bond motifs is 1. The third-order valence-corrected chi connectivity index (χ3v) is 3.07. The molecule has 1 nitrogen and oxygen atoms in total. The fraction of sp³-hybridized carbons (Fsp3) is 0.500. The number of hydrogen-bond acceptors (Lipinski definition) is 1. The lowest BCUT2D eigenvalue weighted by Crippen LogP contribution is -2.02. The normalized spacial score (nSPS) is 20.7. The number of benzene rings is 1. The van der Waals surface area contributed by atoms with Crippen LogP contribution in [0.2, 0.25) is 0 Å². The SMILES string of the molecule is CC(C)C1CCc2cccc(O)c21. The summed E-state index contributed by atoms with van der Waals surface area (Å²) in [4.78, 5) is 0. The fourth-order valence-corrected chi connectivity index (χ4v) is 2.37. The maximum absolute atomic E-state index is 9.75. The maximum atomic E-state index is 9.75. The van der Waals surface area contributed by atoms with Gasteiger partial charge in [-0.1, -0.05) is 26.0 Å². The zero-order valence-corrected chi connectivity index (χ0v) is 8.25. The van der Waals surface area contributed by atoms with Gasteiger partial charge in [-0.3, -0.25) is 0 Å². The van der Waals surface area contributed by atoms with Crippen molar-refractivity contribution >= 4 is 0 Å². The van der Waals surface area contributed by atoms with Gasteiger partial charge >= 0.3 is 0 Å². The molecule has 0 saturated heterocycles. The zero-order chi connectivity index (χ0) is 9.42.